The molecule has 14 heteroatoms. The zero-order valence-corrected chi connectivity index (χ0v) is 34.8. The number of hydrogen-bond acceptors (Lipinski definition) is 10. The highest BCUT2D eigenvalue weighted by molar-refractivity contribution is 5.99. The van der Waals surface area contributed by atoms with Gasteiger partial charge in [-0.25, -0.2) is 19.2 Å². The molecule has 2 aromatic carbocycles. The van der Waals surface area contributed by atoms with E-state index in [1.165, 1.54) is 5.56 Å². The Bertz CT molecular complexity index is 2100. The summed E-state index contributed by atoms with van der Waals surface area (Å²) in [5.74, 6) is 2.16. The van der Waals surface area contributed by atoms with Gasteiger partial charge in [0.05, 0.1) is 30.0 Å². The summed E-state index contributed by atoms with van der Waals surface area (Å²) in [6.07, 6.45) is 10.8. The quantitative estimate of drug-likeness (QED) is 0.237. The lowest BCUT2D eigenvalue weighted by molar-refractivity contribution is -0.121. The Hall–Kier alpha value is -4.69. The Kier molecular flexibility index (Phi) is 10.3. The Morgan fingerprint density at radius 3 is 2.43 bits per heavy atom. The van der Waals surface area contributed by atoms with Crippen molar-refractivity contribution in [3.8, 4) is 5.75 Å². The molecule has 7 aliphatic heterocycles. The number of halogens is 2. The van der Waals surface area contributed by atoms with Crippen LogP contribution in [0, 0.1) is 17.7 Å². The number of ether oxygens (including phenoxy) is 1. The average molecular weight is 824 g/mol. The number of alkyl halides is 1. The van der Waals surface area contributed by atoms with Crippen molar-refractivity contribution in [2.75, 3.05) is 62.8 Å². The van der Waals surface area contributed by atoms with Crippen LogP contribution < -0.4 is 31.1 Å². The first-order valence-corrected chi connectivity index (χ1v) is 22.4. The van der Waals surface area contributed by atoms with E-state index in [1.807, 2.05) is 6.07 Å². The number of piperidine rings is 4. The molecule has 0 aromatic heterocycles. The van der Waals surface area contributed by atoms with E-state index < -0.39 is 5.67 Å². The number of carbonyl (C=O) groups excluding carboxylic acids is 2. The SMILES string of the molecule is C=C1NC(=O)CCC1N1Cc2c(ccc(N3CCC(CC4(F)CCN(CC5CCN(C6=NCNC(C7NNc8ccc(OC9(C)CC9)cc87)=C6)CC5)CC4)CC3)c2F)C1=O. The molecule has 0 bridgehead atoms. The molecular formula is C46H59F2N9O3. The molecule has 320 valence electrons. The van der Waals surface area contributed by atoms with Gasteiger partial charge in [-0.1, -0.05) is 6.58 Å². The molecule has 10 rings (SSSR count). The third kappa shape index (κ3) is 7.85. The zero-order chi connectivity index (χ0) is 41.2. The predicted octanol–water partition coefficient (Wildman–Crippen LogP) is 6.14. The minimum Gasteiger partial charge on any atom is -0.488 e. The fraction of sp³-hybridized carbons (Fsp3) is 0.587. The van der Waals surface area contributed by atoms with Crippen LogP contribution in [0.25, 0.3) is 0 Å². The second-order valence-corrected chi connectivity index (χ2v) is 19.0. The van der Waals surface area contributed by atoms with E-state index in [0.717, 1.165) is 94.2 Å². The van der Waals surface area contributed by atoms with E-state index in [1.54, 1.807) is 17.0 Å². The minimum absolute atomic E-state index is 0.00319. The van der Waals surface area contributed by atoms with Gasteiger partial charge in [0.15, 0.2) is 5.82 Å². The summed E-state index contributed by atoms with van der Waals surface area (Å²) >= 11 is 0. The number of amides is 2. The Morgan fingerprint density at radius 2 is 1.68 bits per heavy atom. The standard InChI is InChI=1S/C46H59F2N9O3/c1-29-38(7-8-41(58)51-29)57-27-35-33(44(57)59)4-6-39(42(35)47)55-17-9-30(10-18-55)25-46(48)15-21-54(22-16-46)26-31-11-19-56(20-12-31)40-24-37(49-28-50-40)43-34-23-32(60-45(2)13-14-45)3-5-36(34)52-53-43/h3-6,23-24,30-31,38,43,49,52-53H,1,7-22,25-28H2,2H3,(H,51,58). The number of anilines is 2. The topological polar surface area (TPSA) is 117 Å². The van der Waals surface area contributed by atoms with Gasteiger partial charge in [-0.15, -0.1) is 0 Å². The van der Waals surface area contributed by atoms with Gasteiger partial charge in [-0.2, -0.15) is 0 Å². The summed E-state index contributed by atoms with van der Waals surface area (Å²) in [6, 6.07) is 9.42. The maximum atomic E-state index is 16.4. The van der Waals surface area contributed by atoms with Crippen LogP contribution in [0.5, 0.6) is 5.75 Å². The molecule has 4 saturated heterocycles. The van der Waals surface area contributed by atoms with Gasteiger partial charge in [0.2, 0.25) is 5.91 Å². The van der Waals surface area contributed by atoms with Crippen LogP contribution in [-0.4, -0.2) is 102 Å². The molecule has 2 amide bonds. The third-order valence-corrected chi connectivity index (χ3v) is 14.7. The Labute approximate surface area is 351 Å². The normalized spacial score (nSPS) is 26.8. The lowest BCUT2D eigenvalue weighted by Gasteiger charge is -2.42. The highest BCUT2D eigenvalue weighted by Gasteiger charge is 2.42. The Balaban J connectivity index is 0.667. The second-order valence-electron chi connectivity index (χ2n) is 19.0. The first kappa shape index (κ1) is 39.4. The summed E-state index contributed by atoms with van der Waals surface area (Å²) in [6.45, 7) is 12.7. The second kappa shape index (κ2) is 15.6. The molecule has 4 N–H and O–H groups in total. The van der Waals surface area contributed by atoms with Crippen molar-refractivity contribution in [3.63, 3.8) is 0 Å². The summed E-state index contributed by atoms with van der Waals surface area (Å²) in [4.78, 5) is 38.5. The fourth-order valence-corrected chi connectivity index (χ4v) is 10.7. The number of hydrazine groups is 1. The molecule has 60 heavy (non-hydrogen) atoms. The number of amidine groups is 1. The number of likely N-dealkylation sites (tertiary alicyclic amines) is 2. The van der Waals surface area contributed by atoms with E-state index in [9.17, 15) is 9.59 Å². The van der Waals surface area contributed by atoms with Crippen molar-refractivity contribution in [2.45, 2.75) is 107 Å². The highest BCUT2D eigenvalue weighted by atomic mass is 19.1. The van der Waals surface area contributed by atoms with E-state index in [4.69, 9.17) is 9.73 Å². The highest BCUT2D eigenvalue weighted by Crippen LogP contribution is 2.43. The van der Waals surface area contributed by atoms with Crippen LogP contribution in [0.2, 0.25) is 0 Å². The van der Waals surface area contributed by atoms with Crippen LogP contribution in [0.4, 0.5) is 20.2 Å². The van der Waals surface area contributed by atoms with Crippen LogP contribution >= 0.6 is 0 Å². The first-order chi connectivity index (χ1) is 29.0. The molecule has 2 atom stereocenters. The summed E-state index contributed by atoms with van der Waals surface area (Å²) < 4.78 is 38.7. The van der Waals surface area contributed by atoms with Gasteiger partial charge < -0.3 is 40.4 Å². The van der Waals surface area contributed by atoms with Gasteiger partial charge in [0.1, 0.15) is 29.5 Å². The molecule has 2 aromatic rings. The van der Waals surface area contributed by atoms with Gasteiger partial charge in [0, 0.05) is 86.4 Å². The molecule has 7 heterocycles. The number of benzene rings is 2. The van der Waals surface area contributed by atoms with Crippen molar-refractivity contribution in [3.05, 3.63) is 76.9 Å². The van der Waals surface area contributed by atoms with Gasteiger partial charge >= 0.3 is 0 Å². The number of fused-ring (bicyclic) bond motifs is 2. The predicted molar refractivity (Wildman–Crippen MR) is 228 cm³/mol. The molecule has 0 spiro atoms. The number of nitrogens with zero attached hydrogens (tertiary/aromatic N) is 5. The monoisotopic (exact) mass is 823 g/mol. The van der Waals surface area contributed by atoms with E-state index in [-0.39, 0.29) is 47.8 Å². The van der Waals surface area contributed by atoms with Crippen molar-refractivity contribution in [1.29, 1.82) is 0 Å². The van der Waals surface area contributed by atoms with Crippen molar-refractivity contribution < 1.29 is 23.1 Å². The largest absolute Gasteiger partial charge is 0.488 e. The van der Waals surface area contributed by atoms with Crippen LogP contribution in [-0.2, 0) is 11.3 Å². The summed E-state index contributed by atoms with van der Waals surface area (Å²) in [7, 11) is 0. The van der Waals surface area contributed by atoms with E-state index in [0.29, 0.717) is 80.3 Å². The molecular weight excluding hydrogens is 765 g/mol. The van der Waals surface area contributed by atoms with Crippen molar-refractivity contribution in [2.24, 2.45) is 16.8 Å². The third-order valence-electron chi connectivity index (χ3n) is 14.7. The number of rotatable bonds is 9. The molecule has 2 unspecified atom stereocenters. The maximum Gasteiger partial charge on any atom is 0.255 e. The number of nitrogens with one attached hydrogen (secondary N) is 4. The van der Waals surface area contributed by atoms with E-state index >= 15 is 8.78 Å². The number of carbonyl (C=O) groups is 2. The van der Waals surface area contributed by atoms with Crippen molar-refractivity contribution in [1.82, 2.24) is 30.8 Å². The molecule has 12 nitrogen and oxygen atoms in total. The van der Waals surface area contributed by atoms with Crippen LogP contribution in [0.3, 0.4) is 0 Å². The lowest BCUT2D eigenvalue weighted by Crippen LogP contribution is -2.47. The van der Waals surface area contributed by atoms with Gasteiger partial charge in [-0.3, -0.25) is 9.59 Å². The first-order valence-electron chi connectivity index (χ1n) is 22.4. The smallest absolute Gasteiger partial charge is 0.255 e. The molecule has 0 radical (unpaired) electrons. The molecule has 8 aliphatic rings. The Morgan fingerprint density at radius 1 is 0.933 bits per heavy atom. The van der Waals surface area contributed by atoms with Crippen LogP contribution in [0.1, 0.15) is 105 Å². The number of hydrogen-bond donors (Lipinski definition) is 4. The van der Waals surface area contributed by atoms with Gasteiger partial charge in [-0.05, 0) is 113 Å². The maximum absolute atomic E-state index is 16.4. The number of aliphatic imine (C=N–C) groups is 1. The summed E-state index contributed by atoms with van der Waals surface area (Å²) in [5.41, 5.74) is 10.8. The molecule has 5 fully saturated rings. The fourth-order valence-electron chi connectivity index (χ4n) is 10.7. The lowest BCUT2D eigenvalue weighted by atomic mass is 9.80. The average Bonchev–Trinajstić information content (AvgIpc) is 3.66. The zero-order valence-electron chi connectivity index (χ0n) is 34.8. The molecule has 1 saturated carbocycles. The van der Waals surface area contributed by atoms with E-state index in [2.05, 4.69) is 67.9 Å². The van der Waals surface area contributed by atoms with Crippen LogP contribution in [0.15, 0.2) is 59.4 Å². The summed E-state index contributed by atoms with van der Waals surface area (Å²) in [5, 5.41) is 6.25. The minimum atomic E-state index is -1.15. The molecule has 1 aliphatic carbocycles. The van der Waals surface area contributed by atoms with Gasteiger partial charge in [0.25, 0.3) is 5.91 Å². The van der Waals surface area contributed by atoms with Crippen molar-refractivity contribution >= 4 is 29.0 Å².